The second-order valence-electron chi connectivity index (χ2n) is 5.66. The Morgan fingerprint density at radius 3 is 2.67 bits per heavy atom. The van der Waals surface area contributed by atoms with Crippen molar-refractivity contribution < 1.29 is 9.59 Å². The lowest BCUT2D eigenvalue weighted by atomic mass is 10.2. The quantitative estimate of drug-likeness (QED) is 0.874. The summed E-state index contributed by atoms with van der Waals surface area (Å²) in [5.74, 6) is -0.194. The van der Waals surface area contributed by atoms with Gasteiger partial charge in [0, 0.05) is 18.8 Å². The second kappa shape index (κ2) is 6.74. The number of amides is 2. The smallest absolute Gasteiger partial charge is 0.230 e. The first-order chi connectivity index (χ1) is 10.1. The van der Waals surface area contributed by atoms with E-state index in [-0.39, 0.29) is 23.7 Å². The fraction of sp³-hybridized carbons (Fsp3) is 0.529. The highest BCUT2D eigenvalue weighted by atomic mass is 16.2. The van der Waals surface area contributed by atoms with E-state index in [1.54, 1.807) is 4.90 Å². The van der Waals surface area contributed by atoms with Gasteiger partial charge >= 0.3 is 0 Å². The van der Waals surface area contributed by atoms with Crippen LogP contribution in [-0.4, -0.2) is 24.9 Å². The maximum Gasteiger partial charge on any atom is 0.230 e. The summed E-state index contributed by atoms with van der Waals surface area (Å²) < 4.78 is 0. The topological polar surface area (TPSA) is 49.4 Å². The Morgan fingerprint density at radius 1 is 1.29 bits per heavy atom. The molecular formula is C17H24N2O2. The van der Waals surface area contributed by atoms with E-state index in [0.717, 1.165) is 17.7 Å². The van der Waals surface area contributed by atoms with Crippen LogP contribution in [-0.2, 0) is 9.59 Å². The number of aryl methyl sites for hydroxylation is 1. The third kappa shape index (κ3) is 3.63. The van der Waals surface area contributed by atoms with Crippen molar-refractivity contribution in [2.45, 2.75) is 33.6 Å². The molecule has 1 aromatic carbocycles. The SMILES string of the molecule is CCCNC(=O)C1CC1C(=O)N(CC)c1cccc(C)c1. The molecule has 0 bridgehead atoms. The summed E-state index contributed by atoms with van der Waals surface area (Å²) in [5, 5.41) is 2.88. The molecule has 0 spiro atoms. The van der Waals surface area contributed by atoms with Crippen molar-refractivity contribution in [3.05, 3.63) is 29.8 Å². The second-order valence-corrected chi connectivity index (χ2v) is 5.66. The van der Waals surface area contributed by atoms with E-state index in [4.69, 9.17) is 0 Å². The third-order valence-corrected chi connectivity index (χ3v) is 3.89. The van der Waals surface area contributed by atoms with Crippen LogP contribution in [0.4, 0.5) is 5.69 Å². The van der Waals surface area contributed by atoms with Gasteiger partial charge in [0.05, 0.1) is 11.8 Å². The molecular weight excluding hydrogens is 264 g/mol. The number of rotatable bonds is 6. The highest BCUT2D eigenvalue weighted by Crippen LogP contribution is 2.41. The van der Waals surface area contributed by atoms with Gasteiger partial charge in [-0.15, -0.1) is 0 Å². The maximum absolute atomic E-state index is 12.6. The van der Waals surface area contributed by atoms with Crippen molar-refractivity contribution in [1.82, 2.24) is 5.32 Å². The first-order valence-corrected chi connectivity index (χ1v) is 7.74. The number of hydrogen-bond acceptors (Lipinski definition) is 2. The van der Waals surface area contributed by atoms with Gasteiger partial charge in [0.25, 0.3) is 0 Å². The third-order valence-electron chi connectivity index (χ3n) is 3.89. The minimum atomic E-state index is -0.151. The Kier molecular flexibility index (Phi) is 4.99. The van der Waals surface area contributed by atoms with E-state index in [2.05, 4.69) is 5.32 Å². The Labute approximate surface area is 126 Å². The minimum Gasteiger partial charge on any atom is -0.356 e. The molecule has 1 saturated carbocycles. The first kappa shape index (κ1) is 15.5. The molecule has 2 atom stereocenters. The predicted molar refractivity (Wildman–Crippen MR) is 84.1 cm³/mol. The first-order valence-electron chi connectivity index (χ1n) is 7.74. The number of nitrogens with one attached hydrogen (secondary N) is 1. The summed E-state index contributed by atoms with van der Waals surface area (Å²) in [4.78, 5) is 26.3. The predicted octanol–water partition coefficient (Wildman–Crippen LogP) is 2.51. The summed E-state index contributed by atoms with van der Waals surface area (Å²) in [5.41, 5.74) is 2.05. The Balaban J connectivity index is 2.01. The maximum atomic E-state index is 12.6. The monoisotopic (exact) mass is 288 g/mol. The molecule has 1 aromatic rings. The van der Waals surface area contributed by atoms with E-state index in [9.17, 15) is 9.59 Å². The van der Waals surface area contributed by atoms with Crippen molar-refractivity contribution in [2.24, 2.45) is 11.8 Å². The van der Waals surface area contributed by atoms with Crippen LogP contribution in [0.1, 0.15) is 32.3 Å². The van der Waals surface area contributed by atoms with Gasteiger partial charge in [0.2, 0.25) is 11.8 Å². The molecule has 1 aliphatic carbocycles. The number of anilines is 1. The average molecular weight is 288 g/mol. The fourth-order valence-corrected chi connectivity index (χ4v) is 2.60. The Bertz CT molecular complexity index is 527. The van der Waals surface area contributed by atoms with Gasteiger partial charge in [0.15, 0.2) is 0 Å². The molecule has 4 heteroatoms. The summed E-state index contributed by atoms with van der Waals surface area (Å²) in [6, 6.07) is 7.93. The van der Waals surface area contributed by atoms with Gasteiger partial charge in [-0.3, -0.25) is 9.59 Å². The summed E-state index contributed by atoms with van der Waals surface area (Å²) in [6.45, 7) is 7.31. The van der Waals surface area contributed by atoms with Gasteiger partial charge in [0.1, 0.15) is 0 Å². The van der Waals surface area contributed by atoms with E-state index < -0.39 is 0 Å². The summed E-state index contributed by atoms with van der Waals surface area (Å²) in [7, 11) is 0. The molecule has 0 saturated heterocycles. The van der Waals surface area contributed by atoms with Gasteiger partial charge in [-0.2, -0.15) is 0 Å². The van der Waals surface area contributed by atoms with Crippen LogP contribution in [0.2, 0.25) is 0 Å². The largest absolute Gasteiger partial charge is 0.356 e. The molecule has 2 unspecified atom stereocenters. The summed E-state index contributed by atoms with van der Waals surface area (Å²) in [6.07, 6.45) is 1.60. The number of carbonyl (C=O) groups is 2. The van der Waals surface area contributed by atoms with Crippen LogP contribution in [0, 0.1) is 18.8 Å². The van der Waals surface area contributed by atoms with E-state index in [0.29, 0.717) is 19.5 Å². The average Bonchev–Trinajstić information content (AvgIpc) is 3.26. The number of benzene rings is 1. The number of hydrogen-bond donors (Lipinski definition) is 1. The molecule has 0 radical (unpaired) electrons. The van der Waals surface area contributed by atoms with Crippen LogP contribution >= 0.6 is 0 Å². The zero-order valence-electron chi connectivity index (χ0n) is 13.1. The van der Waals surface area contributed by atoms with Crippen molar-refractivity contribution in [3.63, 3.8) is 0 Å². The van der Waals surface area contributed by atoms with Crippen molar-refractivity contribution >= 4 is 17.5 Å². The molecule has 0 aromatic heterocycles. The van der Waals surface area contributed by atoms with E-state index in [1.807, 2.05) is 45.0 Å². The Morgan fingerprint density at radius 2 is 2.05 bits per heavy atom. The molecule has 4 nitrogen and oxygen atoms in total. The molecule has 1 N–H and O–H groups in total. The van der Waals surface area contributed by atoms with Crippen LogP contribution < -0.4 is 10.2 Å². The van der Waals surface area contributed by atoms with E-state index >= 15 is 0 Å². The minimum absolute atomic E-state index is 0.0236. The lowest BCUT2D eigenvalue weighted by Crippen LogP contribution is -2.34. The van der Waals surface area contributed by atoms with Crippen LogP contribution in [0.3, 0.4) is 0 Å². The van der Waals surface area contributed by atoms with Gasteiger partial charge < -0.3 is 10.2 Å². The summed E-state index contributed by atoms with van der Waals surface area (Å²) >= 11 is 0. The molecule has 114 valence electrons. The van der Waals surface area contributed by atoms with Gasteiger partial charge in [-0.25, -0.2) is 0 Å². The highest BCUT2D eigenvalue weighted by Gasteiger charge is 2.49. The number of carbonyl (C=O) groups excluding carboxylic acids is 2. The highest BCUT2D eigenvalue weighted by molar-refractivity contribution is 6.01. The van der Waals surface area contributed by atoms with Gasteiger partial charge in [-0.05, 0) is 44.4 Å². The molecule has 1 aliphatic rings. The van der Waals surface area contributed by atoms with Gasteiger partial charge in [-0.1, -0.05) is 19.1 Å². The van der Waals surface area contributed by atoms with Crippen LogP contribution in [0.15, 0.2) is 24.3 Å². The van der Waals surface area contributed by atoms with Crippen molar-refractivity contribution in [2.75, 3.05) is 18.0 Å². The molecule has 2 rings (SSSR count). The Hall–Kier alpha value is -1.84. The van der Waals surface area contributed by atoms with Crippen LogP contribution in [0.25, 0.3) is 0 Å². The standard InChI is InChI=1S/C17H24N2O2/c1-4-9-18-16(20)14-11-15(14)17(21)19(5-2)13-8-6-7-12(3)10-13/h6-8,10,14-15H,4-5,9,11H2,1-3H3,(H,18,20). The van der Waals surface area contributed by atoms with E-state index in [1.165, 1.54) is 0 Å². The zero-order chi connectivity index (χ0) is 15.4. The number of nitrogens with zero attached hydrogens (tertiary/aromatic N) is 1. The molecule has 21 heavy (non-hydrogen) atoms. The lowest BCUT2D eigenvalue weighted by molar-refractivity contribution is -0.126. The zero-order valence-corrected chi connectivity index (χ0v) is 13.1. The van der Waals surface area contributed by atoms with Crippen molar-refractivity contribution in [1.29, 1.82) is 0 Å². The van der Waals surface area contributed by atoms with Crippen molar-refractivity contribution in [3.8, 4) is 0 Å². The molecule has 2 amide bonds. The molecule has 0 aliphatic heterocycles. The molecule has 0 heterocycles. The lowest BCUT2D eigenvalue weighted by Gasteiger charge is -2.21. The van der Waals surface area contributed by atoms with Crippen LogP contribution in [0.5, 0.6) is 0 Å². The normalized spacial score (nSPS) is 20.0. The molecule has 1 fully saturated rings. The fourth-order valence-electron chi connectivity index (χ4n) is 2.60.